The van der Waals surface area contributed by atoms with E-state index in [9.17, 15) is 4.79 Å². The summed E-state index contributed by atoms with van der Waals surface area (Å²) in [4.78, 5) is 14.7. The topological polar surface area (TPSA) is 41.6 Å². The molecule has 1 aliphatic heterocycles. The van der Waals surface area contributed by atoms with Gasteiger partial charge in [0.2, 0.25) is 5.91 Å². The Morgan fingerprint density at radius 2 is 2.08 bits per heavy atom. The van der Waals surface area contributed by atoms with Gasteiger partial charge in [0.15, 0.2) is 0 Å². The van der Waals surface area contributed by atoms with Crippen molar-refractivity contribution >= 4 is 5.91 Å². The van der Waals surface area contributed by atoms with Gasteiger partial charge in [-0.2, -0.15) is 0 Å². The van der Waals surface area contributed by atoms with Crippen LogP contribution in [0.1, 0.15) is 37.4 Å². The average Bonchev–Trinajstić information content (AvgIpc) is 2.58. The van der Waals surface area contributed by atoms with Gasteiger partial charge in [0.05, 0.1) is 19.3 Å². The van der Waals surface area contributed by atoms with Crippen LogP contribution in [0.5, 0.6) is 0 Å². The number of aryl methyl sites for hydroxylation is 1. The Bertz CT molecular complexity index is 603. The summed E-state index contributed by atoms with van der Waals surface area (Å²) >= 11 is 0. The lowest BCUT2D eigenvalue weighted by molar-refractivity contribution is -0.118. The highest BCUT2D eigenvalue weighted by Crippen LogP contribution is 2.43. The molecule has 1 aromatic carbocycles. The minimum Gasteiger partial charge on any atom is -0.379 e. The molecular weight excluding hydrogens is 300 g/mol. The van der Waals surface area contributed by atoms with E-state index < -0.39 is 0 Å². The molecule has 24 heavy (non-hydrogen) atoms. The molecule has 4 heteroatoms. The maximum atomic E-state index is 12.4. The maximum Gasteiger partial charge on any atom is 0.244 e. The van der Waals surface area contributed by atoms with Crippen LogP contribution in [0.15, 0.2) is 36.4 Å². The summed E-state index contributed by atoms with van der Waals surface area (Å²) in [6, 6.07) is 8.55. The van der Waals surface area contributed by atoms with Crippen molar-refractivity contribution in [1.29, 1.82) is 0 Å². The van der Waals surface area contributed by atoms with E-state index >= 15 is 0 Å². The van der Waals surface area contributed by atoms with E-state index in [1.54, 1.807) is 6.08 Å². The molecule has 1 N–H and O–H groups in total. The lowest BCUT2D eigenvalue weighted by atomic mass is 9.70. The second-order valence-electron chi connectivity index (χ2n) is 7.44. The summed E-state index contributed by atoms with van der Waals surface area (Å²) < 4.78 is 5.34. The fourth-order valence-electron chi connectivity index (χ4n) is 3.62. The third-order valence-corrected chi connectivity index (χ3v) is 5.21. The van der Waals surface area contributed by atoms with E-state index in [-0.39, 0.29) is 17.4 Å². The van der Waals surface area contributed by atoms with Crippen LogP contribution in [-0.4, -0.2) is 43.7 Å². The van der Waals surface area contributed by atoms with Gasteiger partial charge in [-0.05, 0) is 29.4 Å². The molecule has 1 amide bonds. The largest absolute Gasteiger partial charge is 0.379 e. The van der Waals surface area contributed by atoms with Crippen molar-refractivity contribution in [2.24, 2.45) is 5.41 Å². The molecule has 0 aromatic heterocycles. The number of morpholine rings is 1. The van der Waals surface area contributed by atoms with Crippen molar-refractivity contribution in [3.05, 3.63) is 47.5 Å². The highest BCUT2D eigenvalue weighted by molar-refractivity contribution is 5.88. The molecule has 1 unspecified atom stereocenters. The Balaban J connectivity index is 1.62. The van der Waals surface area contributed by atoms with Gasteiger partial charge in [-0.3, -0.25) is 9.69 Å². The average molecular weight is 328 g/mol. The Morgan fingerprint density at radius 3 is 2.88 bits per heavy atom. The van der Waals surface area contributed by atoms with Crippen LogP contribution >= 0.6 is 0 Å². The van der Waals surface area contributed by atoms with E-state index in [1.807, 2.05) is 6.08 Å². The van der Waals surface area contributed by atoms with E-state index in [1.165, 1.54) is 11.1 Å². The van der Waals surface area contributed by atoms with Crippen LogP contribution in [0.25, 0.3) is 0 Å². The van der Waals surface area contributed by atoms with Crippen molar-refractivity contribution in [3.8, 4) is 0 Å². The highest BCUT2D eigenvalue weighted by atomic mass is 16.5. The zero-order valence-corrected chi connectivity index (χ0v) is 14.8. The van der Waals surface area contributed by atoms with Gasteiger partial charge < -0.3 is 10.1 Å². The van der Waals surface area contributed by atoms with Gasteiger partial charge in [-0.1, -0.05) is 44.2 Å². The Morgan fingerprint density at radius 1 is 1.33 bits per heavy atom. The predicted octanol–water partition coefficient (Wildman–Crippen LogP) is 2.70. The van der Waals surface area contributed by atoms with Crippen molar-refractivity contribution in [1.82, 2.24) is 10.2 Å². The smallest absolute Gasteiger partial charge is 0.244 e. The highest BCUT2D eigenvalue weighted by Gasteiger charge is 2.36. The van der Waals surface area contributed by atoms with E-state index in [4.69, 9.17) is 4.74 Å². The third-order valence-electron chi connectivity index (χ3n) is 5.21. The minimum absolute atomic E-state index is 0.00182. The lowest BCUT2D eigenvalue weighted by Crippen LogP contribution is -2.40. The van der Waals surface area contributed by atoms with Gasteiger partial charge in [0, 0.05) is 25.7 Å². The van der Waals surface area contributed by atoms with Gasteiger partial charge in [-0.15, -0.1) is 0 Å². The zero-order chi connectivity index (χ0) is 17.0. The molecule has 0 radical (unpaired) electrons. The number of hydrogen-bond acceptors (Lipinski definition) is 3. The molecule has 1 aliphatic carbocycles. The van der Waals surface area contributed by atoms with Crippen LogP contribution < -0.4 is 5.32 Å². The number of rotatable bonds is 4. The molecule has 2 aliphatic rings. The number of ether oxygens (including phenoxy) is 1. The van der Waals surface area contributed by atoms with Crippen LogP contribution in [0.4, 0.5) is 0 Å². The second kappa shape index (κ2) is 7.49. The van der Waals surface area contributed by atoms with Gasteiger partial charge in [0.25, 0.3) is 0 Å². The predicted molar refractivity (Wildman–Crippen MR) is 95.8 cm³/mol. The summed E-state index contributed by atoms with van der Waals surface area (Å²) in [6.07, 6.45) is 5.82. The minimum atomic E-state index is -0.00182. The number of carbonyl (C=O) groups is 1. The van der Waals surface area contributed by atoms with Crippen LogP contribution in [0, 0.1) is 5.41 Å². The fourth-order valence-corrected chi connectivity index (χ4v) is 3.62. The quantitative estimate of drug-likeness (QED) is 0.864. The normalized spacial score (nSPS) is 23.8. The van der Waals surface area contributed by atoms with Gasteiger partial charge in [0.1, 0.15) is 0 Å². The first-order valence-electron chi connectivity index (χ1n) is 8.91. The SMILES string of the molecule is CC1(C)CCc2ccccc2C1NC(=O)/C=C/CN1CCOCC1. The van der Waals surface area contributed by atoms with Crippen molar-refractivity contribution in [3.63, 3.8) is 0 Å². The van der Waals surface area contributed by atoms with Crippen molar-refractivity contribution < 1.29 is 9.53 Å². The molecule has 4 nitrogen and oxygen atoms in total. The Hall–Kier alpha value is -1.65. The zero-order valence-electron chi connectivity index (χ0n) is 14.8. The molecule has 1 aromatic rings. The van der Waals surface area contributed by atoms with E-state index in [2.05, 4.69) is 48.3 Å². The van der Waals surface area contributed by atoms with Crippen molar-refractivity contribution in [2.45, 2.75) is 32.7 Å². The monoisotopic (exact) mass is 328 g/mol. The number of carbonyl (C=O) groups excluding carboxylic acids is 1. The number of hydrogen-bond donors (Lipinski definition) is 1. The first-order chi connectivity index (χ1) is 11.6. The molecule has 1 heterocycles. The second-order valence-corrected chi connectivity index (χ2v) is 7.44. The summed E-state index contributed by atoms with van der Waals surface area (Å²) in [7, 11) is 0. The molecular formula is C20H28N2O2. The van der Waals surface area contributed by atoms with Gasteiger partial charge >= 0.3 is 0 Å². The standard InChI is InChI=1S/C20H28N2O2/c1-20(2)10-9-16-6-3-4-7-17(16)19(20)21-18(23)8-5-11-22-12-14-24-15-13-22/h3-8,19H,9-15H2,1-2H3,(H,21,23)/b8-5+. The summed E-state index contributed by atoms with van der Waals surface area (Å²) in [5.74, 6) is -0.00182. The first kappa shape index (κ1) is 17.2. The molecule has 1 fully saturated rings. The summed E-state index contributed by atoms with van der Waals surface area (Å²) in [6.45, 7) is 8.74. The molecule has 130 valence electrons. The molecule has 0 spiro atoms. The van der Waals surface area contributed by atoms with Crippen LogP contribution in [-0.2, 0) is 16.0 Å². The van der Waals surface area contributed by atoms with Crippen molar-refractivity contribution in [2.75, 3.05) is 32.8 Å². The summed E-state index contributed by atoms with van der Waals surface area (Å²) in [5.41, 5.74) is 2.70. The molecule has 1 saturated heterocycles. The fraction of sp³-hybridized carbons (Fsp3) is 0.550. The maximum absolute atomic E-state index is 12.4. The van der Waals surface area contributed by atoms with Gasteiger partial charge in [-0.25, -0.2) is 0 Å². The number of benzene rings is 1. The number of fused-ring (bicyclic) bond motifs is 1. The number of amides is 1. The Kier molecular flexibility index (Phi) is 5.36. The molecule has 3 rings (SSSR count). The van der Waals surface area contributed by atoms with E-state index in [0.717, 1.165) is 45.7 Å². The third kappa shape index (κ3) is 4.05. The Labute approximate surface area is 144 Å². The number of nitrogens with one attached hydrogen (secondary N) is 1. The lowest BCUT2D eigenvalue weighted by Gasteiger charge is -2.40. The van der Waals surface area contributed by atoms with Crippen LogP contribution in [0.2, 0.25) is 0 Å². The van der Waals surface area contributed by atoms with Crippen LogP contribution in [0.3, 0.4) is 0 Å². The summed E-state index contributed by atoms with van der Waals surface area (Å²) in [5, 5.41) is 3.23. The molecule has 1 atom stereocenters. The molecule has 0 saturated carbocycles. The van der Waals surface area contributed by atoms with E-state index in [0.29, 0.717) is 0 Å². The number of nitrogens with zero attached hydrogens (tertiary/aromatic N) is 1. The molecule has 0 bridgehead atoms. The first-order valence-corrected chi connectivity index (χ1v) is 8.91.